The van der Waals surface area contributed by atoms with Gasteiger partial charge in [-0.05, 0) is 31.2 Å². The lowest BCUT2D eigenvalue weighted by atomic mass is 9.99. The van der Waals surface area contributed by atoms with Gasteiger partial charge in [0.2, 0.25) is 11.8 Å². The number of amides is 2. The van der Waals surface area contributed by atoms with Crippen molar-refractivity contribution in [1.82, 2.24) is 10.7 Å². The summed E-state index contributed by atoms with van der Waals surface area (Å²) in [7, 11) is 0. The summed E-state index contributed by atoms with van der Waals surface area (Å²) in [5, 5.41) is 7.06. The maximum atomic E-state index is 11.8. The van der Waals surface area contributed by atoms with Crippen LogP contribution in [-0.4, -0.2) is 17.5 Å². The van der Waals surface area contributed by atoms with Crippen LogP contribution in [0.4, 0.5) is 0 Å². The Hall–Kier alpha value is -2.17. The third-order valence-corrected chi connectivity index (χ3v) is 4.18. The van der Waals surface area contributed by atoms with Gasteiger partial charge in [-0.15, -0.1) is 0 Å². The first kappa shape index (κ1) is 18.2. The van der Waals surface area contributed by atoms with E-state index >= 15 is 0 Å². The predicted octanol–water partition coefficient (Wildman–Crippen LogP) is 3.30. The normalized spacial score (nSPS) is 15.1. The Morgan fingerprint density at radius 1 is 0.875 bits per heavy atom. The van der Waals surface area contributed by atoms with Crippen molar-refractivity contribution in [3.05, 3.63) is 35.9 Å². The van der Waals surface area contributed by atoms with Crippen LogP contribution in [0.3, 0.4) is 0 Å². The summed E-state index contributed by atoms with van der Waals surface area (Å²) in [6.45, 7) is 0.490. The van der Waals surface area contributed by atoms with Crippen molar-refractivity contribution in [2.45, 2.75) is 64.3 Å². The molecule has 130 valence electrons. The molecule has 0 heterocycles. The van der Waals surface area contributed by atoms with E-state index in [2.05, 4.69) is 15.8 Å². The molecule has 2 rings (SSSR count). The molecule has 0 bridgehead atoms. The van der Waals surface area contributed by atoms with Crippen molar-refractivity contribution < 1.29 is 9.59 Å². The molecule has 0 atom stereocenters. The van der Waals surface area contributed by atoms with Crippen LogP contribution in [0.1, 0.15) is 63.4 Å². The highest BCUT2D eigenvalue weighted by molar-refractivity contribution is 5.87. The van der Waals surface area contributed by atoms with Gasteiger partial charge in [0, 0.05) is 25.1 Å². The van der Waals surface area contributed by atoms with Crippen LogP contribution < -0.4 is 10.7 Å². The number of nitrogens with zero attached hydrogens (tertiary/aromatic N) is 1. The minimum absolute atomic E-state index is 0.118. The summed E-state index contributed by atoms with van der Waals surface area (Å²) in [6.07, 6.45) is 8.38. The van der Waals surface area contributed by atoms with Crippen LogP contribution in [0.25, 0.3) is 0 Å². The Morgan fingerprint density at radius 3 is 2.21 bits per heavy atom. The molecule has 1 saturated carbocycles. The highest BCUT2D eigenvalue weighted by atomic mass is 16.2. The fourth-order valence-electron chi connectivity index (χ4n) is 2.73. The molecule has 1 aromatic rings. The van der Waals surface area contributed by atoms with Crippen LogP contribution >= 0.6 is 0 Å². The van der Waals surface area contributed by atoms with Gasteiger partial charge in [-0.3, -0.25) is 9.59 Å². The summed E-state index contributed by atoms with van der Waals surface area (Å²) < 4.78 is 0. The Bertz CT molecular complexity index is 545. The molecule has 0 radical (unpaired) electrons. The van der Waals surface area contributed by atoms with E-state index < -0.39 is 0 Å². The number of hydrogen-bond acceptors (Lipinski definition) is 3. The number of rotatable bonds is 6. The lowest BCUT2D eigenvalue weighted by Crippen LogP contribution is -2.26. The molecule has 5 heteroatoms. The summed E-state index contributed by atoms with van der Waals surface area (Å²) in [6, 6.07) is 9.72. The van der Waals surface area contributed by atoms with Gasteiger partial charge in [0.15, 0.2) is 0 Å². The highest BCUT2D eigenvalue weighted by Crippen LogP contribution is 2.14. The van der Waals surface area contributed by atoms with Crippen molar-refractivity contribution in [3.8, 4) is 0 Å². The summed E-state index contributed by atoms with van der Waals surface area (Å²) >= 11 is 0. The molecule has 2 N–H and O–H groups in total. The zero-order valence-electron chi connectivity index (χ0n) is 14.2. The number of hydrogen-bond donors (Lipinski definition) is 2. The monoisotopic (exact) mass is 329 g/mol. The topological polar surface area (TPSA) is 70.6 Å². The maximum absolute atomic E-state index is 11.8. The van der Waals surface area contributed by atoms with Gasteiger partial charge in [0.25, 0.3) is 0 Å². The average Bonchev–Trinajstić information content (AvgIpc) is 2.58. The second-order valence-electron chi connectivity index (χ2n) is 6.24. The van der Waals surface area contributed by atoms with E-state index in [4.69, 9.17) is 0 Å². The van der Waals surface area contributed by atoms with Crippen molar-refractivity contribution in [2.24, 2.45) is 5.10 Å². The molecule has 2 amide bonds. The average molecular weight is 329 g/mol. The number of nitrogens with one attached hydrogen (secondary N) is 2. The lowest BCUT2D eigenvalue weighted by Gasteiger charge is -2.11. The highest BCUT2D eigenvalue weighted by Gasteiger charge is 2.08. The Balaban J connectivity index is 1.63. The summed E-state index contributed by atoms with van der Waals surface area (Å²) in [5.41, 5.74) is 4.73. The fourth-order valence-corrected chi connectivity index (χ4v) is 2.73. The molecule has 1 fully saturated rings. The molecule has 0 aliphatic heterocycles. The molecule has 1 aromatic carbocycles. The number of carbonyl (C=O) groups is 2. The second-order valence-corrected chi connectivity index (χ2v) is 6.24. The maximum Gasteiger partial charge on any atom is 0.240 e. The van der Waals surface area contributed by atoms with Gasteiger partial charge >= 0.3 is 0 Å². The Morgan fingerprint density at radius 2 is 1.50 bits per heavy atom. The SMILES string of the molecule is O=C(CCC(=O)NN=C1CCCCCCC1)NCc1ccccc1. The van der Waals surface area contributed by atoms with Crippen molar-refractivity contribution in [2.75, 3.05) is 0 Å². The van der Waals surface area contributed by atoms with Gasteiger partial charge in [-0.25, -0.2) is 5.43 Å². The van der Waals surface area contributed by atoms with Crippen LogP contribution in [-0.2, 0) is 16.1 Å². The first-order valence-electron chi connectivity index (χ1n) is 8.89. The second kappa shape index (κ2) is 10.6. The van der Waals surface area contributed by atoms with E-state index in [0.29, 0.717) is 6.54 Å². The Kier molecular flexibility index (Phi) is 8.01. The van der Waals surface area contributed by atoms with Crippen LogP contribution in [0.5, 0.6) is 0 Å². The van der Waals surface area contributed by atoms with Crippen LogP contribution in [0.2, 0.25) is 0 Å². The third-order valence-electron chi connectivity index (χ3n) is 4.18. The van der Waals surface area contributed by atoms with Gasteiger partial charge in [-0.2, -0.15) is 5.10 Å². The van der Waals surface area contributed by atoms with E-state index in [1.54, 1.807) is 0 Å². The standard InChI is InChI=1S/C19H27N3O2/c23-18(20-15-16-9-5-4-6-10-16)13-14-19(24)22-21-17-11-7-2-1-3-8-12-17/h4-6,9-10H,1-3,7-8,11-15H2,(H,20,23)(H,22,24). The molecule has 0 aromatic heterocycles. The van der Waals surface area contributed by atoms with Gasteiger partial charge in [-0.1, -0.05) is 49.6 Å². The molecule has 1 aliphatic carbocycles. The van der Waals surface area contributed by atoms with E-state index in [1.165, 1.54) is 19.3 Å². The number of benzene rings is 1. The van der Waals surface area contributed by atoms with E-state index in [9.17, 15) is 9.59 Å². The van der Waals surface area contributed by atoms with E-state index in [0.717, 1.165) is 37.0 Å². The summed E-state index contributed by atoms with van der Waals surface area (Å²) in [5.74, 6) is -0.313. The lowest BCUT2D eigenvalue weighted by molar-refractivity contribution is -0.126. The zero-order valence-corrected chi connectivity index (χ0v) is 14.2. The van der Waals surface area contributed by atoms with Crippen molar-refractivity contribution in [3.63, 3.8) is 0 Å². The minimum Gasteiger partial charge on any atom is -0.352 e. The van der Waals surface area contributed by atoms with E-state index in [-0.39, 0.29) is 24.7 Å². The van der Waals surface area contributed by atoms with Gasteiger partial charge in [0.05, 0.1) is 0 Å². The van der Waals surface area contributed by atoms with Crippen LogP contribution in [0, 0.1) is 0 Å². The van der Waals surface area contributed by atoms with Crippen molar-refractivity contribution in [1.29, 1.82) is 0 Å². The largest absolute Gasteiger partial charge is 0.352 e. The third kappa shape index (κ3) is 7.40. The van der Waals surface area contributed by atoms with Crippen molar-refractivity contribution >= 4 is 17.5 Å². The molecular formula is C19H27N3O2. The van der Waals surface area contributed by atoms with Gasteiger partial charge in [0.1, 0.15) is 0 Å². The molecule has 5 nitrogen and oxygen atoms in total. The fraction of sp³-hybridized carbons (Fsp3) is 0.526. The quantitative estimate of drug-likeness (QED) is 0.786. The first-order valence-corrected chi connectivity index (χ1v) is 8.89. The summed E-state index contributed by atoms with van der Waals surface area (Å²) in [4.78, 5) is 23.6. The molecule has 0 spiro atoms. The number of carbonyl (C=O) groups excluding carboxylic acids is 2. The zero-order chi connectivity index (χ0) is 17.0. The molecule has 0 unspecified atom stereocenters. The molecular weight excluding hydrogens is 302 g/mol. The first-order chi connectivity index (χ1) is 11.7. The molecule has 1 aliphatic rings. The minimum atomic E-state index is -0.195. The smallest absolute Gasteiger partial charge is 0.240 e. The molecule has 0 saturated heterocycles. The predicted molar refractivity (Wildman–Crippen MR) is 95.4 cm³/mol. The Labute approximate surface area is 143 Å². The number of hydrazone groups is 1. The van der Waals surface area contributed by atoms with Crippen LogP contribution in [0.15, 0.2) is 35.4 Å². The molecule has 24 heavy (non-hydrogen) atoms. The van der Waals surface area contributed by atoms with E-state index in [1.807, 2.05) is 30.3 Å². The van der Waals surface area contributed by atoms with Gasteiger partial charge < -0.3 is 5.32 Å².